The number of benzene rings is 2. The van der Waals surface area contributed by atoms with Gasteiger partial charge >= 0.3 is 0 Å². The van der Waals surface area contributed by atoms with E-state index in [0.717, 1.165) is 12.1 Å². The van der Waals surface area contributed by atoms with Crippen molar-refractivity contribution in [3.63, 3.8) is 0 Å². The Hall–Kier alpha value is -2.70. The van der Waals surface area contributed by atoms with Crippen LogP contribution in [0.2, 0.25) is 0 Å². The third-order valence-corrected chi connectivity index (χ3v) is 7.80. The lowest BCUT2D eigenvalue weighted by atomic mass is 10.1. The van der Waals surface area contributed by atoms with Crippen molar-refractivity contribution in [2.75, 3.05) is 19.4 Å². The normalized spacial score (nSPS) is 17.2. The van der Waals surface area contributed by atoms with E-state index in [-0.39, 0.29) is 12.1 Å². The van der Waals surface area contributed by atoms with E-state index >= 15 is 0 Å². The molecule has 1 aliphatic rings. The van der Waals surface area contributed by atoms with Crippen LogP contribution in [0, 0.1) is 27.2 Å². The Balaban J connectivity index is 2.13. The van der Waals surface area contributed by atoms with E-state index in [1.165, 1.54) is 30.1 Å². The number of methoxy groups -OCH3 is 1. The van der Waals surface area contributed by atoms with Crippen LogP contribution in [0.3, 0.4) is 0 Å². The predicted molar refractivity (Wildman–Crippen MR) is 107 cm³/mol. The fourth-order valence-electron chi connectivity index (χ4n) is 3.14. The molecule has 1 atom stereocenters. The van der Waals surface area contributed by atoms with E-state index in [2.05, 4.69) is 0 Å². The highest BCUT2D eigenvalue weighted by Crippen LogP contribution is 2.45. The molecule has 0 spiro atoms. The Labute approximate surface area is 170 Å². The first-order valence-electron chi connectivity index (χ1n) is 8.38. The molecule has 154 valence electrons. The average molecular weight is 439 g/mol. The first-order valence-corrected chi connectivity index (χ1v) is 10.9. The van der Waals surface area contributed by atoms with Crippen LogP contribution in [0.25, 0.3) is 0 Å². The van der Waals surface area contributed by atoms with Crippen LogP contribution in [-0.4, -0.2) is 42.0 Å². The van der Waals surface area contributed by atoms with Gasteiger partial charge in [-0.2, -0.15) is 4.31 Å². The summed E-state index contributed by atoms with van der Waals surface area (Å²) in [5, 5.41) is 22.0. The largest absolute Gasteiger partial charge is 0.496 e. The summed E-state index contributed by atoms with van der Waals surface area (Å²) in [6.07, 6.45) is 0. The standard InChI is InChI=1S/C17H17N3O7S2/c1-11-14(19(21)22)9-12(10-15(11)20(23)24)29(25,26)18-7-8-28-17(18)13-5-3-4-6-16(13)27-2/h3-6,9-10,17H,7-8H2,1-2H3. The van der Waals surface area contributed by atoms with Gasteiger partial charge in [-0.3, -0.25) is 20.2 Å². The molecule has 0 saturated carbocycles. The zero-order valence-electron chi connectivity index (χ0n) is 15.5. The Morgan fingerprint density at radius 1 is 1.14 bits per heavy atom. The molecular formula is C17H17N3O7S2. The number of hydrogen-bond donors (Lipinski definition) is 0. The van der Waals surface area contributed by atoms with Gasteiger partial charge in [-0.05, 0) is 13.0 Å². The number of para-hydroxylation sites is 1. The fourth-order valence-corrected chi connectivity index (χ4v) is 6.44. The van der Waals surface area contributed by atoms with Crippen molar-refractivity contribution in [1.82, 2.24) is 4.31 Å². The van der Waals surface area contributed by atoms with Gasteiger partial charge in [0, 0.05) is 30.0 Å². The maximum Gasteiger partial charge on any atom is 0.280 e. The van der Waals surface area contributed by atoms with E-state index in [1.807, 2.05) is 0 Å². The van der Waals surface area contributed by atoms with Gasteiger partial charge in [0.25, 0.3) is 11.4 Å². The van der Waals surface area contributed by atoms with Crippen molar-refractivity contribution in [2.45, 2.75) is 17.2 Å². The molecule has 1 saturated heterocycles. The van der Waals surface area contributed by atoms with Crippen molar-refractivity contribution in [2.24, 2.45) is 0 Å². The monoisotopic (exact) mass is 439 g/mol. The van der Waals surface area contributed by atoms with Gasteiger partial charge < -0.3 is 4.74 Å². The van der Waals surface area contributed by atoms with Crippen molar-refractivity contribution in [3.05, 3.63) is 67.8 Å². The summed E-state index contributed by atoms with van der Waals surface area (Å²) in [4.78, 5) is 20.5. The van der Waals surface area contributed by atoms with E-state index in [0.29, 0.717) is 17.1 Å². The summed E-state index contributed by atoms with van der Waals surface area (Å²) < 4.78 is 33.1. The maximum absolute atomic E-state index is 13.3. The molecule has 3 rings (SSSR count). The quantitative estimate of drug-likeness (QED) is 0.495. The Kier molecular flexibility index (Phi) is 5.78. The number of sulfonamides is 1. The lowest BCUT2D eigenvalue weighted by Crippen LogP contribution is -2.31. The lowest BCUT2D eigenvalue weighted by molar-refractivity contribution is -0.395. The minimum atomic E-state index is -4.24. The molecule has 1 unspecified atom stereocenters. The van der Waals surface area contributed by atoms with Gasteiger partial charge in [-0.15, -0.1) is 11.8 Å². The van der Waals surface area contributed by atoms with E-state index in [4.69, 9.17) is 4.74 Å². The van der Waals surface area contributed by atoms with E-state index < -0.39 is 41.5 Å². The second kappa shape index (κ2) is 7.97. The van der Waals surface area contributed by atoms with Gasteiger partial charge in [-0.1, -0.05) is 18.2 Å². The minimum Gasteiger partial charge on any atom is -0.496 e. The molecule has 1 aliphatic heterocycles. The summed E-state index contributed by atoms with van der Waals surface area (Å²) >= 11 is 1.38. The number of rotatable bonds is 6. The zero-order valence-corrected chi connectivity index (χ0v) is 17.1. The zero-order chi connectivity index (χ0) is 21.3. The second-order valence-electron chi connectivity index (χ2n) is 6.18. The highest BCUT2D eigenvalue weighted by atomic mass is 32.2. The molecule has 0 N–H and O–H groups in total. The van der Waals surface area contributed by atoms with Gasteiger partial charge in [0.1, 0.15) is 11.3 Å². The number of ether oxygens (including phenoxy) is 1. The third kappa shape index (κ3) is 3.78. The average Bonchev–Trinajstić information content (AvgIpc) is 3.18. The Morgan fingerprint density at radius 3 is 2.28 bits per heavy atom. The van der Waals surface area contributed by atoms with E-state index in [1.54, 1.807) is 24.3 Å². The number of nitrogens with zero attached hydrogens (tertiary/aromatic N) is 3. The molecule has 2 aromatic carbocycles. The predicted octanol–water partition coefficient (Wildman–Crippen LogP) is 3.26. The van der Waals surface area contributed by atoms with Crippen LogP contribution in [0.5, 0.6) is 5.75 Å². The SMILES string of the molecule is COc1ccccc1C1SCCN1S(=O)(=O)c1cc([N+](=O)[O-])c(C)c([N+](=O)[O-])c1. The molecule has 29 heavy (non-hydrogen) atoms. The van der Waals surface area contributed by atoms with Gasteiger partial charge in [0.15, 0.2) is 0 Å². The van der Waals surface area contributed by atoms with Crippen LogP contribution < -0.4 is 4.74 Å². The molecule has 1 fully saturated rings. The number of nitro benzene ring substituents is 2. The molecule has 0 aliphatic carbocycles. The highest BCUT2D eigenvalue weighted by molar-refractivity contribution is 8.01. The molecule has 1 heterocycles. The molecule has 10 nitrogen and oxygen atoms in total. The van der Waals surface area contributed by atoms with Crippen LogP contribution in [0.15, 0.2) is 41.3 Å². The van der Waals surface area contributed by atoms with Crippen LogP contribution >= 0.6 is 11.8 Å². The Morgan fingerprint density at radius 2 is 1.72 bits per heavy atom. The lowest BCUT2D eigenvalue weighted by Gasteiger charge is -2.24. The Bertz CT molecular complexity index is 1050. The minimum absolute atomic E-state index is 0.158. The first kappa shape index (κ1) is 21.0. The molecule has 0 amide bonds. The van der Waals surface area contributed by atoms with Gasteiger partial charge in [0.2, 0.25) is 10.0 Å². The van der Waals surface area contributed by atoms with Crippen molar-refractivity contribution in [3.8, 4) is 5.75 Å². The fraction of sp³-hybridized carbons (Fsp3) is 0.294. The summed E-state index contributed by atoms with van der Waals surface area (Å²) in [6, 6.07) is 8.71. The summed E-state index contributed by atoms with van der Waals surface area (Å²) in [5.74, 6) is 1.01. The van der Waals surface area contributed by atoms with Gasteiger partial charge in [-0.25, -0.2) is 8.42 Å². The number of nitro groups is 2. The van der Waals surface area contributed by atoms with Gasteiger partial charge in [0.05, 0.1) is 27.2 Å². The molecule has 2 aromatic rings. The molecule has 0 radical (unpaired) electrons. The summed E-state index contributed by atoms with van der Waals surface area (Å²) in [7, 11) is -2.77. The molecule has 0 aromatic heterocycles. The maximum atomic E-state index is 13.3. The third-order valence-electron chi connectivity index (χ3n) is 4.58. The van der Waals surface area contributed by atoms with Crippen molar-refractivity contribution < 1.29 is 23.0 Å². The molecule has 12 heteroatoms. The summed E-state index contributed by atoms with van der Waals surface area (Å²) in [5.41, 5.74) is -0.787. The van der Waals surface area contributed by atoms with Crippen molar-refractivity contribution in [1.29, 1.82) is 0 Å². The second-order valence-corrected chi connectivity index (χ2v) is 9.26. The highest BCUT2D eigenvalue weighted by Gasteiger charge is 2.40. The number of thioether (sulfide) groups is 1. The topological polar surface area (TPSA) is 133 Å². The van der Waals surface area contributed by atoms with Crippen LogP contribution in [-0.2, 0) is 10.0 Å². The van der Waals surface area contributed by atoms with Crippen LogP contribution in [0.4, 0.5) is 11.4 Å². The summed E-state index contributed by atoms with van der Waals surface area (Å²) in [6.45, 7) is 1.38. The van der Waals surface area contributed by atoms with E-state index in [9.17, 15) is 28.6 Å². The first-order chi connectivity index (χ1) is 13.7. The number of hydrogen-bond acceptors (Lipinski definition) is 8. The molecule has 0 bridgehead atoms. The van der Waals surface area contributed by atoms with Crippen LogP contribution in [0.1, 0.15) is 16.5 Å². The smallest absolute Gasteiger partial charge is 0.280 e. The van der Waals surface area contributed by atoms with Crippen molar-refractivity contribution >= 4 is 33.2 Å². The molecular weight excluding hydrogens is 422 g/mol.